The van der Waals surface area contributed by atoms with E-state index in [-0.39, 0.29) is 17.2 Å². The molecule has 0 fully saturated rings. The molecule has 1 N–H and O–H groups in total. The van der Waals surface area contributed by atoms with Gasteiger partial charge < -0.3 is 5.32 Å². The molecular formula is C26H29N5O2S. The SMILES string of the molecule is Cc1cc(C)n(CCCn2c(SCC(=O)Nc3cccc(C)c3C)nc3ccccc3c2=O)n1. The smallest absolute Gasteiger partial charge is 0.262 e. The van der Waals surface area contributed by atoms with E-state index in [1.807, 2.05) is 74.8 Å². The molecule has 0 unspecified atom stereocenters. The molecule has 8 heteroatoms. The van der Waals surface area contributed by atoms with Crippen LogP contribution in [0.3, 0.4) is 0 Å². The molecule has 0 aliphatic carbocycles. The fourth-order valence-corrected chi connectivity index (χ4v) is 4.76. The number of rotatable bonds is 8. The van der Waals surface area contributed by atoms with Gasteiger partial charge in [0, 0.05) is 24.5 Å². The number of anilines is 1. The van der Waals surface area contributed by atoms with Crippen molar-refractivity contribution in [2.24, 2.45) is 0 Å². The highest BCUT2D eigenvalue weighted by molar-refractivity contribution is 7.99. The Bertz CT molecular complexity index is 1410. The molecule has 2 aromatic heterocycles. The zero-order chi connectivity index (χ0) is 24.2. The molecule has 2 heterocycles. The van der Waals surface area contributed by atoms with Gasteiger partial charge >= 0.3 is 0 Å². The number of aromatic nitrogens is 4. The molecule has 0 spiro atoms. The maximum Gasteiger partial charge on any atom is 0.262 e. The van der Waals surface area contributed by atoms with Crippen molar-refractivity contribution in [3.8, 4) is 0 Å². The van der Waals surface area contributed by atoms with Crippen LogP contribution in [0.2, 0.25) is 0 Å². The fourth-order valence-electron chi connectivity index (χ4n) is 3.94. The van der Waals surface area contributed by atoms with Crippen LogP contribution in [0.4, 0.5) is 5.69 Å². The predicted molar refractivity (Wildman–Crippen MR) is 138 cm³/mol. The zero-order valence-electron chi connectivity index (χ0n) is 20.0. The second-order valence-electron chi connectivity index (χ2n) is 8.46. The van der Waals surface area contributed by atoms with Gasteiger partial charge in [-0.15, -0.1) is 0 Å². The molecule has 0 radical (unpaired) electrons. The molecule has 0 saturated carbocycles. The van der Waals surface area contributed by atoms with E-state index in [9.17, 15) is 9.59 Å². The summed E-state index contributed by atoms with van der Waals surface area (Å²) >= 11 is 1.28. The number of hydrogen-bond donors (Lipinski definition) is 1. The Morgan fingerprint density at radius 3 is 2.59 bits per heavy atom. The van der Waals surface area contributed by atoms with E-state index in [0.29, 0.717) is 29.1 Å². The maximum atomic E-state index is 13.3. The highest BCUT2D eigenvalue weighted by atomic mass is 32.2. The third-order valence-electron chi connectivity index (χ3n) is 5.89. The molecule has 34 heavy (non-hydrogen) atoms. The van der Waals surface area contributed by atoms with Crippen molar-refractivity contribution in [2.45, 2.75) is 52.4 Å². The number of amides is 1. The molecule has 0 aliphatic heterocycles. The number of nitrogens with zero attached hydrogens (tertiary/aromatic N) is 4. The minimum atomic E-state index is -0.129. The van der Waals surface area contributed by atoms with Gasteiger partial charge in [0.25, 0.3) is 5.56 Å². The summed E-state index contributed by atoms with van der Waals surface area (Å²) in [5, 5.41) is 8.61. The number of carbonyl (C=O) groups is 1. The van der Waals surface area contributed by atoms with Gasteiger partial charge in [-0.2, -0.15) is 5.10 Å². The third kappa shape index (κ3) is 5.22. The molecule has 4 aromatic rings. The molecule has 0 aliphatic rings. The third-order valence-corrected chi connectivity index (χ3v) is 6.87. The van der Waals surface area contributed by atoms with Crippen LogP contribution in [0.5, 0.6) is 0 Å². The Balaban J connectivity index is 1.53. The van der Waals surface area contributed by atoms with Crippen LogP contribution in [0.15, 0.2) is 58.5 Å². The van der Waals surface area contributed by atoms with Gasteiger partial charge in [0.2, 0.25) is 5.91 Å². The van der Waals surface area contributed by atoms with Gasteiger partial charge in [0.05, 0.1) is 22.3 Å². The lowest BCUT2D eigenvalue weighted by Crippen LogP contribution is -2.25. The summed E-state index contributed by atoms with van der Waals surface area (Å²) in [6, 6.07) is 15.2. The molecule has 0 bridgehead atoms. The van der Waals surface area contributed by atoms with Crippen LogP contribution in [0.25, 0.3) is 10.9 Å². The summed E-state index contributed by atoms with van der Waals surface area (Å²) in [6.45, 7) is 9.21. The van der Waals surface area contributed by atoms with Crippen LogP contribution in [0.1, 0.15) is 28.9 Å². The van der Waals surface area contributed by atoms with E-state index in [2.05, 4.69) is 10.4 Å². The molecule has 176 valence electrons. The number of para-hydroxylation sites is 1. The predicted octanol–water partition coefficient (Wildman–Crippen LogP) is 4.65. The minimum Gasteiger partial charge on any atom is -0.325 e. The standard InChI is InChI=1S/C26H29N5O2S/c1-17-9-7-12-22(20(17)4)27-24(32)16-34-26-28-23-11-6-5-10-21(23)25(33)30(26)13-8-14-31-19(3)15-18(2)29-31/h5-7,9-12,15H,8,13-14,16H2,1-4H3,(H,27,32). The second kappa shape index (κ2) is 10.3. The van der Waals surface area contributed by atoms with Crippen molar-refractivity contribution in [1.29, 1.82) is 0 Å². The van der Waals surface area contributed by atoms with E-state index in [1.54, 1.807) is 10.6 Å². The van der Waals surface area contributed by atoms with Gasteiger partial charge in [-0.3, -0.25) is 18.8 Å². The number of fused-ring (bicyclic) bond motifs is 1. The van der Waals surface area contributed by atoms with E-state index in [4.69, 9.17) is 4.98 Å². The molecule has 4 rings (SSSR count). The lowest BCUT2D eigenvalue weighted by atomic mass is 10.1. The number of hydrogen-bond acceptors (Lipinski definition) is 5. The molecule has 7 nitrogen and oxygen atoms in total. The van der Waals surface area contributed by atoms with Crippen LogP contribution >= 0.6 is 11.8 Å². The summed E-state index contributed by atoms with van der Waals surface area (Å²) < 4.78 is 3.64. The largest absolute Gasteiger partial charge is 0.325 e. The lowest BCUT2D eigenvalue weighted by Gasteiger charge is -2.14. The van der Waals surface area contributed by atoms with E-state index >= 15 is 0 Å². The first-order chi connectivity index (χ1) is 16.3. The summed E-state index contributed by atoms with van der Waals surface area (Å²) in [5.41, 5.74) is 5.60. The van der Waals surface area contributed by atoms with E-state index in [1.165, 1.54) is 11.8 Å². The van der Waals surface area contributed by atoms with Crippen molar-refractivity contribution in [3.63, 3.8) is 0 Å². The molecular weight excluding hydrogens is 446 g/mol. The van der Waals surface area contributed by atoms with Crippen LogP contribution in [-0.2, 0) is 17.9 Å². The quantitative estimate of drug-likeness (QED) is 0.296. The van der Waals surface area contributed by atoms with Crippen molar-refractivity contribution < 1.29 is 4.79 Å². The Morgan fingerprint density at radius 1 is 1.03 bits per heavy atom. The summed E-state index contributed by atoms with van der Waals surface area (Å²) in [5.74, 6) is 0.0330. The Kier molecular flexibility index (Phi) is 7.17. The van der Waals surface area contributed by atoms with Gasteiger partial charge in [-0.1, -0.05) is 36.0 Å². The molecule has 2 aromatic carbocycles. The van der Waals surface area contributed by atoms with Crippen LogP contribution < -0.4 is 10.9 Å². The topological polar surface area (TPSA) is 81.8 Å². The lowest BCUT2D eigenvalue weighted by molar-refractivity contribution is -0.113. The first kappa shape index (κ1) is 23.8. The average Bonchev–Trinajstić information content (AvgIpc) is 3.14. The fraction of sp³-hybridized carbons (Fsp3) is 0.308. The van der Waals surface area contributed by atoms with Crippen LogP contribution in [-0.4, -0.2) is 31.0 Å². The summed E-state index contributed by atoms with van der Waals surface area (Å²) in [4.78, 5) is 30.7. The Morgan fingerprint density at radius 2 is 1.82 bits per heavy atom. The van der Waals surface area contributed by atoms with Crippen molar-refractivity contribution in [3.05, 3.63) is 81.4 Å². The molecule has 1 amide bonds. The number of nitrogens with one attached hydrogen (secondary N) is 1. The van der Waals surface area contributed by atoms with Gasteiger partial charge in [-0.25, -0.2) is 4.98 Å². The summed E-state index contributed by atoms with van der Waals surface area (Å²) in [7, 11) is 0. The summed E-state index contributed by atoms with van der Waals surface area (Å²) in [6.07, 6.45) is 0.726. The zero-order valence-corrected chi connectivity index (χ0v) is 20.8. The Labute approximate surface area is 203 Å². The van der Waals surface area contributed by atoms with Crippen molar-refractivity contribution >= 4 is 34.3 Å². The minimum absolute atomic E-state index is 0.0867. The number of carbonyl (C=O) groups excluding carboxylic acids is 1. The first-order valence-electron chi connectivity index (χ1n) is 11.3. The van der Waals surface area contributed by atoms with Gasteiger partial charge in [0.1, 0.15) is 0 Å². The average molecular weight is 476 g/mol. The normalized spacial score (nSPS) is 11.2. The number of benzene rings is 2. The second-order valence-corrected chi connectivity index (χ2v) is 9.40. The van der Waals surface area contributed by atoms with Gasteiger partial charge in [0.15, 0.2) is 5.16 Å². The number of aryl methyl sites for hydroxylation is 4. The van der Waals surface area contributed by atoms with Crippen LogP contribution in [0, 0.1) is 27.7 Å². The van der Waals surface area contributed by atoms with Gasteiger partial charge in [-0.05, 0) is 69.5 Å². The highest BCUT2D eigenvalue weighted by Gasteiger charge is 2.14. The first-order valence-corrected chi connectivity index (χ1v) is 12.3. The molecule has 0 atom stereocenters. The number of thioether (sulfide) groups is 1. The Hall–Kier alpha value is -3.39. The monoisotopic (exact) mass is 475 g/mol. The molecule has 0 saturated heterocycles. The van der Waals surface area contributed by atoms with Crippen molar-refractivity contribution in [1.82, 2.24) is 19.3 Å². The van der Waals surface area contributed by atoms with E-state index < -0.39 is 0 Å². The van der Waals surface area contributed by atoms with Crippen molar-refractivity contribution in [2.75, 3.05) is 11.1 Å². The maximum absolute atomic E-state index is 13.3. The van der Waals surface area contributed by atoms with E-state index in [0.717, 1.165) is 34.6 Å². The highest BCUT2D eigenvalue weighted by Crippen LogP contribution is 2.21.